The van der Waals surface area contributed by atoms with E-state index < -0.39 is 6.10 Å². The van der Waals surface area contributed by atoms with Gasteiger partial charge >= 0.3 is 0 Å². The highest BCUT2D eigenvalue weighted by molar-refractivity contribution is 8.17. The van der Waals surface area contributed by atoms with Crippen molar-refractivity contribution >= 4 is 33.6 Å². The molecule has 1 unspecified atom stereocenters. The molecule has 0 spiro atoms. The lowest BCUT2D eigenvalue weighted by atomic mass is 10.0. The SMILES string of the molecule is Cc1ccc(C2=C(C(C)O)SC3=NCCN32)c2occc12. The molecule has 0 amide bonds. The molecule has 108 valence electrons. The monoisotopic (exact) mass is 300 g/mol. The Morgan fingerprint density at radius 3 is 3.05 bits per heavy atom. The number of thioether (sulfide) groups is 1. The molecule has 2 aliphatic heterocycles. The van der Waals surface area contributed by atoms with E-state index in [0.717, 1.165) is 45.4 Å². The second kappa shape index (κ2) is 4.64. The third-order valence-corrected chi connectivity index (χ3v) is 5.26. The summed E-state index contributed by atoms with van der Waals surface area (Å²) in [6, 6.07) is 6.19. The predicted molar refractivity (Wildman–Crippen MR) is 86.2 cm³/mol. The van der Waals surface area contributed by atoms with Crippen molar-refractivity contribution in [2.24, 2.45) is 4.99 Å². The van der Waals surface area contributed by atoms with Crippen molar-refractivity contribution in [2.45, 2.75) is 20.0 Å². The third-order valence-electron chi connectivity index (χ3n) is 3.98. The van der Waals surface area contributed by atoms with Crippen molar-refractivity contribution in [1.29, 1.82) is 0 Å². The number of aryl methyl sites for hydroxylation is 1. The summed E-state index contributed by atoms with van der Waals surface area (Å²) in [6.07, 6.45) is 1.22. The van der Waals surface area contributed by atoms with Crippen LogP contribution in [0.15, 0.2) is 38.8 Å². The molecule has 0 radical (unpaired) electrons. The second-order valence-corrected chi connectivity index (χ2v) is 6.41. The number of amidine groups is 1. The largest absolute Gasteiger partial charge is 0.464 e. The number of hydrogen-bond acceptors (Lipinski definition) is 5. The first-order valence-electron chi connectivity index (χ1n) is 7.06. The molecule has 3 heterocycles. The van der Waals surface area contributed by atoms with Gasteiger partial charge < -0.3 is 14.4 Å². The van der Waals surface area contributed by atoms with Gasteiger partial charge in [-0.25, -0.2) is 0 Å². The highest BCUT2D eigenvalue weighted by Crippen LogP contribution is 2.45. The number of fused-ring (bicyclic) bond motifs is 2. The molecule has 4 rings (SSSR count). The van der Waals surface area contributed by atoms with E-state index in [2.05, 4.69) is 28.9 Å². The Labute approximate surface area is 127 Å². The fourth-order valence-corrected chi connectivity index (χ4v) is 4.08. The minimum absolute atomic E-state index is 0.510. The van der Waals surface area contributed by atoms with Crippen LogP contribution in [-0.4, -0.2) is 34.4 Å². The third kappa shape index (κ3) is 1.84. The van der Waals surface area contributed by atoms with Gasteiger partial charge in [-0.3, -0.25) is 4.99 Å². The second-order valence-electron chi connectivity index (χ2n) is 5.40. The van der Waals surface area contributed by atoms with Gasteiger partial charge in [0.15, 0.2) is 5.17 Å². The first kappa shape index (κ1) is 13.0. The summed E-state index contributed by atoms with van der Waals surface area (Å²) in [5, 5.41) is 12.2. The lowest BCUT2D eigenvalue weighted by molar-refractivity contribution is 0.240. The lowest BCUT2D eigenvalue weighted by Crippen LogP contribution is -2.20. The zero-order chi connectivity index (χ0) is 14.6. The van der Waals surface area contributed by atoms with E-state index in [1.165, 1.54) is 5.56 Å². The molecular weight excluding hydrogens is 284 g/mol. The summed E-state index contributed by atoms with van der Waals surface area (Å²) in [5.74, 6) is 0. The number of aliphatic imine (C=N–C) groups is 1. The molecule has 5 heteroatoms. The highest BCUT2D eigenvalue weighted by Gasteiger charge is 2.35. The first-order chi connectivity index (χ1) is 10.2. The van der Waals surface area contributed by atoms with Crippen molar-refractivity contribution in [1.82, 2.24) is 4.90 Å². The van der Waals surface area contributed by atoms with E-state index >= 15 is 0 Å². The van der Waals surface area contributed by atoms with Crippen molar-refractivity contribution < 1.29 is 9.52 Å². The molecule has 0 saturated heterocycles. The van der Waals surface area contributed by atoms with E-state index in [1.54, 1.807) is 24.9 Å². The molecule has 1 aromatic carbocycles. The maximum atomic E-state index is 10.1. The van der Waals surface area contributed by atoms with Crippen molar-refractivity contribution in [3.63, 3.8) is 0 Å². The number of hydrogen-bond donors (Lipinski definition) is 1. The van der Waals surface area contributed by atoms with Crippen LogP contribution in [-0.2, 0) is 0 Å². The van der Waals surface area contributed by atoms with Crippen LogP contribution in [0.2, 0.25) is 0 Å². The molecule has 1 N–H and O–H groups in total. The molecule has 0 fully saturated rings. The van der Waals surface area contributed by atoms with Crippen molar-refractivity contribution in [3.8, 4) is 0 Å². The summed E-state index contributed by atoms with van der Waals surface area (Å²) in [5.41, 5.74) is 4.17. The molecule has 1 atom stereocenters. The Bertz CT molecular complexity index is 789. The number of aliphatic hydroxyl groups excluding tert-OH is 1. The topological polar surface area (TPSA) is 49.0 Å². The van der Waals surface area contributed by atoms with Gasteiger partial charge in [-0.15, -0.1) is 0 Å². The van der Waals surface area contributed by atoms with E-state index in [1.807, 2.05) is 6.07 Å². The number of nitrogens with zero attached hydrogens (tertiary/aromatic N) is 2. The van der Waals surface area contributed by atoms with Gasteiger partial charge in [0.2, 0.25) is 0 Å². The number of benzene rings is 1. The van der Waals surface area contributed by atoms with Crippen LogP contribution in [0.1, 0.15) is 18.1 Å². The van der Waals surface area contributed by atoms with Crippen LogP contribution in [0.5, 0.6) is 0 Å². The molecular formula is C16H16N2O2S. The fourth-order valence-electron chi connectivity index (χ4n) is 2.95. The Morgan fingerprint density at radius 1 is 1.38 bits per heavy atom. The van der Waals surface area contributed by atoms with Crippen LogP contribution >= 0.6 is 11.8 Å². The number of rotatable bonds is 2. The summed E-state index contributed by atoms with van der Waals surface area (Å²) >= 11 is 1.57. The number of aliphatic hydroxyl groups is 1. The minimum atomic E-state index is -0.510. The maximum Gasteiger partial charge on any atom is 0.168 e. The Kier molecular flexibility index (Phi) is 2.87. The summed E-state index contributed by atoms with van der Waals surface area (Å²) in [7, 11) is 0. The lowest BCUT2D eigenvalue weighted by Gasteiger charge is -2.18. The summed E-state index contributed by atoms with van der Waals surface area (Å²) in [4.78, 5) is 7.66. The summed E-state index contributed by atoms with van der Waals surface area (Å²) in [6.45, 7) is 5.56. The van der Waals surface area contributed by atoms with Gasteiger partial charge in [0.05, 0.1) is 24.6 Å². The molecule has 2 aromatic rings. The normalized spacial score (nSPS) is 19.4. The van der Waals surface area contributed by atoms with Crippen LogP contribution in [0.25, 0.3) is 16.7 Å². The molecule has 0 aliphatic carbocycles. The molecule has 2 aliphatic rings. The molecule has 1 aromatic heterocycles. The van der Waals surface area contributed by atoms with Crippen molar-refractivity contribution in [3.05, 3.63) is 40.5 Å². The van der Waals surface area contributed by atoms with E-state index in [0.29, 0.717) is 0 Å². The van der Waals surface area contributed by atoms with E-state index in [-0.39, 0.29) is 0 Å². The Balaban J connectivity index is 1.97. The average Bonchev–Trinajstić information content (AvgIpc) is 3.13. The first-order valence-corrected chi connectivity index (χ1v) is 7.87. The van der Waals surface area contributed by atoms with Gasteiger partial charge in [-0.2, -0.15) is 0 Å². The van der Waals surface area contributed by atoms with Gasteiger partial charge in [0, 0.05) is 22.4 Å². The maximum absolute atomic E-state index is 10.1. The predicted octanol–water partition coefficient (Wildman–Crippen LogP) is 3.21. The van der Waals surface area contributed by atoms with Crippen LogP contribution in [0.4, 0.5) is 0 Å². The Morgan fingerprint density at radius 2 is 2.24 bits per heavy atom. The smallest absolute Gasteiger partial charge is 0.168 e. The van der Waals surface area contributed by atoms with Crippen LogP contribution in [0.3, 0.4) is 0 Å². The standard InChI is InChI=1S/C16H16N2O2S/c1-9-3-4-12(14-11(9)5-8-20-14)13-15(10(2)19)21-16-17-6-7-18(13)16/h3-5,8,10,19H,6-7H2,1-2H3. The Hall–Kier alpha value is -1.72. The molecule has 0 saturated carbocycles. The van der Waals surface area contributed by atoms with Crippen molar-refractivity contribution in [2.75, 3.05) is 13.1 Å². The van der Waals surface area contributed by atoms with Gasteiger partial charge in [0.1, 0.15) is 5.58 Å². The van der Waals surface area contributed by atoms with Gasteiger partial charge in [-0.05, 0) is 31.5 Å². The van der Waals surface area contributed by atoms with Gasteiger partial charge in [-0.1, -0.05) is 17.8 Å². The minimum Gasteiger partial charge on any atom is -0.464 e. The molecule has 21 heavy (non-hydrogen) atoms. The quantitative estimate of drug-likeness (QED) is 0.925. The van der Waals surface area contributed by atoms with E-state index in [9.17, 15) is 5.11 Å². The van der Waals surface area contributed by atoms with E-state index in [4.69, 9.17) is 4.42 Å². The average molecular weight is 300 g/mol. The van der Waals surface area contributed by atoms with Gasteiger partial charge in [0.25, 0.3) is 0 Å². The zero-order valence-corrected chi connectivity index (χ0v) is 12.8. The molecule has 4 nitrogen and oxygen atoms in total. The number of furan rings is 1. The zero-order valence-electron chi connectivity index (χ0n) is 12.0. The highest BCUT2D eigenvalue weighted by atomic mass is 32.2. The molecule has 0 bridgehead atoms. The van der Waals surface area contributed by atoms with Crippen LogP contribution < -0.4 is 0 Å². The summed E-state index contributed by atoms with van der Waals surface area (Å²) < 4.78 is 5.73. The van der Waals surface area contributed by atoms with Crippen LogP contribution in [0, 0.1) is 6.92 Å². The fraction of sp³-hybridized carbons (Fsp3) is 0.312.